The van der Waals surface area contributed by atoms with Gasteiger partial charge in [-0.3, -0.25) is 14.9 Å². The number of rotatable bonds is 5. The van der Waals surface area contributed by atoms with Crippen molar-refractivity contribution in [1.82, 2.24) is 14.8 Å². The molecule has 8 nitrogen and oxygen atoms in total. The van der Waals surface area contributed by atoms with Crippen molar-refractivity contribution in [2.45, 2.75) is 19.4 Å². The van der Waals surface area contributed by atoms with Crippen LogP contribution in [-0.2, 0) is 9.53 Å². The largest absolute Gasteiger partial charge is 0.469 e. The summed E-state index contributed by atoms with van der Waals surface area (Å²) in [4.78, 5) is 25.6. The molecule has 8 heteroatoms. The molecule has 0 radical (unpaired) electrons. The molecule has 0 N–H and O–H groups in total. The number of carbonyl (C=O) groups is 1. The van der Waals surface area contributed by atoms with Crippen LogP contribution in [0.2, 0.25) is 0 Å². The number of esters is 1. The highest BCUT2D eigenvalue weighted by Gasteiger charge is 2.15. The van der Waals surface area contributed by atoms with E-state index in [0.29, 0.717) is 11.4 Å². The molecule has 0 bridgehead atoms. The van der Waals surface area contributed by atoms with Crippen molar-refractivity contribution in [3.05, 3.63) is 40.7 Å². The Hall–Kier alpha value is -2.77. The van der Waals surface area contributed by atoms with E-state index in [1.165, 1.54) is 30.3 Å². The monoisotopic (exact) mass is 290 g/mol. The van der Waals surface area contributed by atoms with Crippen LogP contribution in [-0.4, -0.2) is 32.8 Å². The number of nitro benzene ring substituents is 1. The number of nitro groups is 1. The first-order valence-corrected chi connectivity index (χ1v) is 6.24. The fraction of sp³-hybridized carbons (Fsp3) is 0.308. The minimum atomic E-state index is -0.472. The molecular weight excluding hydrogens is 276 g/mol. The van der Waals surface area contributed by atoms with Crippen LogP contribution in [0.5, 0.6) is 0 Å². The minimum Gasteiger partial charge on any atom is -0.469 e. The average Bonchev–Trinajstić information content (AvgIpc) is 2.97. The van der Waals surface area contributed by atoms with Gasteiger partial charge < -0.3 is 4.74 Å². The Morgan fingerprint density at radius 1 is 1.52 bits per heavy atom. The lowest BCUT2D eigenvalue weighted by atomic mass is 10.2. The molecule has 2 aromatic rings. The molecule has 0 amide bonds. The minimum absolute atomic E-state index is 0.0218. The van der Waals surface area contributed by atoms with Gasteiger partial charge in [-0.25, -0.2) is 9.67 Å². The predicted octanol–water partition coefficient (Wildman–Crippen LogP) is 1.98. The first-order chi connectivity index (χ1) is 10.0. The summed E-state index contributed by atoms with van der Waals surface area (Å²) in [7, 11) is 1.32. The summed E-state index contributed by atoms with van der Waals surface area (Å²) < 4.78 is 6.13. The molecule has 0 aliphatic rings. The number of aromatic nitrogens is 3. The number of ether oxygens (including phenoxy) is 1. The summed E-state index contributed by atoms with van der Waals surface area (Å²) in [5.74, 6) is 0.0327. The van der Waals surface area contributed by atoms with Crippen molar-refractivity contribution < 1.29 is 14.5 Å². The molecule has 1 aromatic heterocycles. The number of hydrogen-bond donors (Lipinski definition) is 0. The van der Waals surface area contributed by atoms with Crippen molar-refractivity contribution >= 4 is 11.7 Å². The molecule has 1 aromatic carbocycles. The standard InChI is InChI=1S/C13H14N4O4/c1-9(6-12(18)21-2)16-8-14-13(15-16)10-4-3-5-11(7-10)17(19)20/h3-5,7-9H,6H2,1-2H3. The summed E-state index contributed by atoms with van der Waals surface area (Å²) in [6, 6.07) is 5.87. The van der Waals surface area contributed by atoms with Crippen LogP contribution in [0.3, 0.4) is 0 Å². The van der Waals surface area contributed by atoms with E-state index in [2.05, 4.69) is 14.8 Å². The Morgan fingerprint density at radius 3 is 2.95 bits per heavy atom. The third-order valence-corrected chi connectivity index (χ3v) is 2.97. The lowest BCUT2D eigenvalue weighted by Crippen LogP contribution is -2.12. The van der Waals surface area contributed by atoms with Crippen LogP contribution < -0.4 is 0 Å². The lowest BCUT2D eigenvalue weighted by Gasteiger charge is -2.09. The molecule has 21 heavy (non-hydrogen) atoms. The molecule has 0 spiro atoms. The van der Waals surface area contributed by atoms with Crippen molar-refractivity contribution in [2.75, 3.05) is 7.11 Å². The smallest absolute Gasteiger partial charge is 0.307 e. The highest BCUT2D eigenvalue weighted by atomic mass is 16.6. The van der Waals surface area contributed by atoms with E-state index < -0.39 is 4.92 Å². The zero-order valence-corrected chi connectivity index (χ0v) is 11.6. The van der Waals surface area contributed by atoms with Gasteiger partial charge in [-0.1, -0.05) is 12.1 Å². The molecule has 0 saturated carbocycles. The van der Waals surface area contributed by atoms with E-state index in [4.69, 9.17) is 0 Å². The Balaban J connectivity index is 2.21. The fourth-order valence-corrected chi connectivity index (χ4v) is 1.80. The molecule has 1 heterocycles. The lowest BCUT2D eigenvalue weighted by molar-refractivity contribution is -0.384. The molecule has 110 valence electrons. The second-order valence-electron chi connectivity index (χ2n) is 4.48. The molecule has 0 aliphatic heterocycles. The van der Waals surface area contributed by atoms with Crippen molar-refractivity contribution in [3.63, 3.8) is 0 Å². The Kier molecular flexibility index (Phi) is 4.27. The van der Waals surface area contributed by atoms with E-state index >= 15 is 0 Å². The first kappa shape index (κ1) is 14.6. The van der Waals surface area contributed by atoms with Crippen LogP contribution in [0, 0.1) is 10.1 Å². The van der Waals surface area contributed by atoms with Crippen molar-refractivity contribution in [3.8, 4) is 11.4 Å². The van der Waals surface area contributed by atoms with Crippen LogP contribution in [0.1, 0.15) is 19.4 Å². The Labute approximate surface area is 120 Å². The van der Waals surface area contributed by atoms with Gasteiger partial charge in [0.1, 0.15) is 6.33 Å². The number of benzene rings is 1. The third kappa shape index (κ3) is 3.41. The SMILES string of the molecule is COC(=O)CC(C)n1cnc(-c2cccc([N+](=O)[O-])c2)n1. The number of nitrogens with zero attached hydrogens (tertiary/aromatic N) is 4. The normalized spacial score (nSPS) is 11.9. The molecule has 1 atom stereocenters. The van der Waals surface area contributed by atoms with E-state index in [0.717, 1.165) is 0 Å². The van der Waals surface area contributed by atoms with Gasteiger partial charge in [0.05, 0.1) is 24.5 Å². The van der Waals surface area contributed by atoms with Gasteiger partial charge >= 0.3 is 5.97 Å². The maximum absolute atomic E-state index is 11.2. The highest BCUT2D eigenvalue weighted by molar-refractivity contribution is 5.69. The highest BCUT2D eigenvalue weighted by Crippen LogP contribution is 2.21. The third-order valence-electron chi connectivity index (χ3n) is 2.97. The van der Waals surface area contributed by atoms with Crippen LogP contribution in [0.15, 0.2) is 30.6 Å². The number of hydrogen-bond acceptors (Lipinski definition) is 6. The molecule has 0 saturated heterocycles. The molecule has 1 unspecified atom stereocenters. The van der Waals surface area contributed by atoms with E-state index in [1.807, 2.05) is 6.92 Å². The predicted molar refractivity (Wildman–Crippen MR) is 73.5 cm³/mol. The van der Waals surface area contributed by atoms with Gasteiger partial charge in [-0.2, -0.15) is 5.10 Å². The molecule has 0 aliphatic carbocycles. The number of methoxy groups -OCH3 is 1. The van der Waals surface area contributed by atoms with Gasteiger partial charge in [0.25, 0.3) is 5.69 Å². The number of carbonyl (C=O) groups excluding carboxylic acids is 1. The van der Waals surface area contributed by atoms with Gasteiger partial charge in [0, 0.05) is 17.7 Å². The fourth-order valence-electron chi connectivity index (χ4n) is 1.80. The maximum atomic E-state index is 11.2. The quantitative estimate of drug-likeness (QED) is 0.474. The first-order valence-electron chi connectivity index (χ1n) is 6.24. The summed E-state index contributed by atoms with van der Waals surface area (Å²) in [5.41, 5.74) is 0.527. The topological polar surface area (TPSA) is 100 Å². The van der Waals surface area contributed by atoms with Gasteiger partial charge in [0.2, 0.25) is 0 Å². The van der Waals surface area contributed by atoms with E-state index in [-0.39, 0.29) is 24.1 Å². The number of non-ortho nitro benzene ring substituents is 1. The summed E-state index contributed by atoms with van der Waals surface area (Å²) in [6.07, 6.45) is 1.66. The maximum Gasteiger partial charge on any atom is 0.307 e. The summed E-state index contributed by atoms with van der Waals surface area (Å²) >= 11 is 0. The van der Waals surface area contributed by atoms with Gasteiger partial charge in [-0.15, -0.1) is 0 Å². The average molecular weight is 290 g/mol. The van der Waals surface area contributed by atoms with Gasteiger partial charge in [-0.05, 0) is 6.92 Å². The van der Waals surface area contributed by atoms with Crippen molar-refractivity contribution in [1.29, 1.82) is 0 Å². The van der Waals surface area contributed by atoms with Crippen LogP contribution in [0.4, 0.5) is 5.69 Å². The Bertz CT molecular complexity index is 668. The van der Waals surface area contributed by atoms with Gasteiger partial charge in [0.15, 0.2) is 5.82 Å². The van der Waals surface area contributed by atoms with E-state index in [1.54, 1.807) is 12.1 Å². The van der Waals surface area contributed by atoms with Crippen molar-refractivity contribution in [2.24, 2.45) is 0 Å². The Morgan fingerprint density at radius 2 is 2.29 bits per heavy atom. The van der Waals surface area contributed by atoms with Crippen LogP contribution >= 0.6 is 0 Å². The molecule has 0 fully saturated rings. The van der Waals surface area contributed by atoms with E-state index in [9.17, 15) is 14.9 Å². The molecule has 2 rings (SSSR count). The zero-order chi connectivity index (χ0) is 15.4. The zero-order valence-electron chi connectivity index (χ0n) is 11.6. The van der Waals surface area contributed by atoms with Crippen LogP contribution in [0.25, 0.3) is 11.4 Å². The summed E-state index contributed by atoms with van der Waals surface area (Å²) in [5, 5.41) is 15.0. The summed E-state index contributed by atoms with van der Waals surface area (Å²) in [6.45, 7) is 1.81. The second kappa shape index (κ2) is 6.12. The second-order valence-corrected chi connectivity index (χ2v) is 4.48. The molecular formula is C13H14N4O4.